The molecule has 2 atom stereocenters. The van der Waals surface area contributed by atoms with Gasteiger partial charge < -0.3 is 14.6 Å². The first kappa shape index (κ1) is 17.9. The van der Waals surface area contributed by atoms with Crippen molar-refractivity contribution in [2.45, 2.75) is 18.1 Å². The third-order valence-corrected chi connectivity index (χ3v) is 5.60. The van der Waals surface area contributed by atoms with Gasteiger partial charge in [0.1, 0.15) is 11.6 Å². The van der Waals surface area contributed by atoms with Gasteiger partial charge in [0.2, 0.25) is 0 Å². The first-order chi connectivity index (χ1) is 12.9. The van der Waals surface area contributed by atoms with Gasteiger partial charge in [0.05, 0.1) is 7.11 Å². The molecular formula is C21H16BrFO4. The summed E-state index contributed by atoms with van der Waals surface area (Å²) in [6.45, 7) is 0. The van der Waals surface area contributed by atoms with E-state index in [0.717, 1.165) is 16.3 Å². The van der Waals surface area contributed by atoms with Crippen molar-refractivity contribution in [3.8, 4) is 5.75 Å². The molecule has 0 aromatic heterocycles. The monoisotopic (exact) mass is 430 g/mol. The van der Waals surface area contributed by atoms with E-state index < -0.39 is 23.5 Å². The molecule has 4 nitrogen and oxygen atoms in total. The van der Waals surface area contributed by atoms with Gasteiger partial charge in [0, 0.05) is 27.8 Å². The molecule has 1 N–H and O–H groups in total. The minimum absolute atomic E-state index is 0.0902. The van der Waals surface area contributed by atoms with Crippen LogP contribution in [0.25, 0.3) is 10.8 Å². The van der Waals surface area contributed by atoms with E-state index in [4.69, 9.17) is 9.47 Å². The first-order valence-corrected chi connectivity index (χ1v) is 9.18. The molecule has 0 aliphatic carbocycles. The zero-order chi connectivity index (χ0) is 19.2. The molecule has 27 heavy (non-hydrogen) atoms. The molecule has 3 aromatic carbocycles. The molecule has 3 aromatic rings. The van der Waals surface area contributed by atoms with Crippen molar-refractivity contribution >= 4 is 32.7 Å². The molecule has 6 heteroatoms. The Hall–Kier alpha value is -2.44. The summed E-state index contributed by atoms with van der Waals surface area (Å²) < 4.78 is 25.2. The minimum Gasteiger partial charge on any atom is -0.464 e. The maximum Gasteiger partial charge on any atom is 0.379 e. The number of rotatable bonds is 2. The number of methoxy groups -OCH3 is 1. The number of carbonyl (C=O) groups is 1. The fraction of sp³-hybridized carbons (Fsp3) is 0.190. The van der Waals surface area contributed by atoms with Gasteiger partial charge in [0.25, 0.3) is 0 Å². The summed E-state index contributed by atoms with van der Waals surface area (Å²) >= 11 is 3.45. The lowest BCUT2D eigenvalue weighted by molar-refractivity contribution is -0.202. The van der Waals surface area contributed by atoms with Gasteiger partial charge >= 0.3 is 11.8 Å². The van der Waals surface area contributed by atoms with Crippen molar-refractivity contribution < 1.29 is 23.8 Å². The second kappa shape index (κ2) is 6.62. The van der Waals surface area contributed by atoms with Gasteiger partial charge in [-0.25, -0.2) is 9.18 Å². The highest BCUT2D eigenvalue weighted by molar-refractivity contribution is 9.10. The van der Waals surface area contributed by atoms with Crippen molar-refractivity contribution in [3.05, 3.63) is 76.0 Å². The molecular weight excluding hydrogens is 415 g/mol. The molecule has 4 rings (SSSR count). The summed E-state index contributed by atoms with van der Waals surface area (Å²) in [5, 5.41) is 12.6. The number of ether oxygens (including phenoxy) is 2. The molecule has 0 fully saturated rings. The SMILES string of the molecule is COC(=O)[C@@]1(O)C[C@@H](c2cc(F)ccc2Br)c2ccc3ccccc3c2O1. The fourth-order valence-corrected chi connectivity index (χ4v) is 4.11. The largest absolute Gasteiger partial charge is 0.464 e. The molecule has 0 spiro atoms. The van der Waals surface area contributed by atoms with Crippen LogP contribution in [0.1, 0.15) is 23.5 Å². The first-order valence-electron chi connectivity index (χ1n) is 8.39. The molecule has 138 valence electrons. The van der Waals surface area contributed by atoms with Crippen LogP contribution in [0.4, 0.5) is 4.39 Å². The van der Waals surface area contributed by atoms with Crippen molar-refractivity contribution in [1.29, 1.82) is 0 Å². The standard InChI is InChI=1S/C21H16BrFO4/c1-26-20(24)21(25)11-17(16-10-13(23)7-9-18(16)22)15-8-6-12-4-2-3-5-14(12)19(15)27-21/h2-10,17,25H,11H2,1H3/t17-,21-/m1/s1. The molecule has 1 aliphatic rings. The van der Waals surface area contributed by atoms with Crippen molar-refractivity contribution in [3.63, 3.8) is 0 Å². The maximum absolute atomic E-state index is 13.9. The van der Waals surface area contributed by atoms with Gasteiger partial charge in [0.15, 0.2) is 0 Å². The Morgan fingerprint density at radius 3 is 2.78 bits per heavy atom. The van der Waals surface area contributed by atoms with Crippen LogP contribution >= 0.6 is 15.9 Å². The lowest BCUT2D eigenvalue weighted by Gasteiger charge is -2.37. The summed E-state index contributed by atoms with van der Waals surface area (Å²) in [6, 6.07) is 15.7. The zero-order valence-electron chi connectivity index (χ0n) is 14.4. The Morgan fingerprint density at radius 1 is 1.22 bits per heavy atom. The quantitative estimate of drug-likeness (QED) is 0.607. The third-order valence-electron chi connectivity index (χ3n) is 4.87. The third kappa shape index (κ3) is 2.99. The Balaban J connectivity index is 1.98. The van der Waals surface area contributed by atoms with Crippen LogP contribution < -0.4 is 4.74 Å². The lowest BCUT2D eigenvalue weighted by atomic mass is 9.81. The number of carbonyl (C=O) groups excluding carboxylic acids is 1. The summed E-state index contributed by atoms with van der Waals surface area (Å²) in [5.41, 5.74) is 1.39. The highest BCUT2D eigenvalue weighted by atomic mass is 79.9. The van der Waals surface area contributed by atoms with E-state index in [1.165, 1.54) is 19.2 Å². The fourth-order valence-electron chi connectivity index (χ4n) is 3.59. The Bertz CT molecular complexity index is 1050. The summed E-state index contributed by atoms with van der Waals surface area (Å²) in [7, 11) is 1.19. The Morgan fingerprint density at radius 2 is 2.00 bits per heavy atom. The summed E-state index contributed by atoms with van der Waals surface area (Å²) in [5.74, 6) is -3.52. The van der Waals surface area contributed by atoms with E-state index in [1.54, 1.807) is 6.07 Å². The average Bonchev–Trinajstić information content (AvgIpc) is 2.68. The van der Waals surface area contributed by atoms with E-state index in [-0.39, 0.29) is 6.42 Å². The van der Waals surface area contributed by atoms with Crippen LogP contribution in [0.2, 0.25) is 0 Å². The number of hydrogen-bond acceptors (Lipinski definition) is 4. The number of fused-ring (bicyclic) bond motifs is 3. The number of benzene rings is 3. The molecule has 0 saturated heterocycles. The molecule has 0 amide bonds. The van der Waals surface area contributed by atoms with Crippen LogP contribution in [-0.2, 0) is 9.53 Å². The summed E-state index contributed by atoms with van der Waals surface area (Å²) in [4.78, 5) is 12.3. The van der Waals surface area contributed by atoms with Crippen LogP contribution in [-0.4, -0.2) is 24.0 Å². The van der Waals surface area contributed by atoms with E-state index in [2.05, 4.69) is 15.9 Å². The Labute approximate surface area is 163 Å². The lowest BCUT2D eigenvalue weighted by Crippen LogP contribution is -2.49. The molecule has 0 unspecified atom stereocenters. The highest BCUT2D eigenvalue weighted by Crippen LogP contribution is 2.48. The van der Waals surface area contributed by atoms with Crippen LogP contribution in [0.15, 0.2) is 59.1 Å². The second-order valence-electron chi connectivity index (χ2n) is 6.51. The predicted octanol–water partition coefficient (Wildman–Crippen LogP) is 4.52. The zero-order valence-corrected chi connectivity index (χ0v) is 16.0. The smallest absolute Gasteiger partial charge is 0.379 e. The average molecular weight is 431 g/mol. The van der Waals surface area contributed by atoms with Gasteiger partial charge in [-0.15, -0.1) is 0 Å². The van der Waals surface area contributed by atoms with Crippen molar-refractivity contribution in [1.82, 2.24) is 0 Å². The van der Waals surface area contributed by atoms with E-state index in [9.17, 15) is 14.3 Å². The van der Waals surface area contributed by atoms with Crippen molar-refractivity contribution in [2.24, 2.45) is 0 Å². The van der Waals surface area contributed by atoms with Gasteiger partial charge in [-0.2, -0.15) is 0 Å². The molecule has 0 bridgehead atoms. The number of esters is 1. The van der Waals surface area contributed by atoms with E-state index in [0.29, 0.717) is 15.8 Å². The normalized spacial score (nSPS) is 21.4. The van der Waals surface area contributed by atoms with Crippen LogP contribution in [0.3, 0.4) is 0 Å². The number of aliphatic hydroxyl groups is 1. The molecule has 1 heterocycles. The van der Waals surface area contributed by atoms with Gasteiger partial charge in [-0.1, -0.05) is 52.3 Å². The van der Waals surface area contributed by atoms with Gasteiger partial charge in [-0.3, -0.25) is 0 Å². The maximum atomic E-state index is 13.9. The Kier molecular flexibility index (Phi) is 4.40. The second-order valence-corrected chi connectivity index (χ2v) is 7.36. The minimum atomic E-state index is -2.16. The van der Waals surface area contributed by atoms with Crippen molar-refractivity contribution in [2.75, 3.05) is 7.11 Å². The van der Waals surface area contributed by atoms with Crippen LogP contribution in [0.5, 0.6) is 5.75 Å². The van der Waals surface area contributed by atoms with E-state index >= 15 is 0 Å². The molecule has 1 aliphatic heterocycles. The van der Waals surface area contributed by atoms with Gasteiger partial charge in [-0.05, 0) is 29.1 Å². The van der Waals surface area contributed by atoms with Crippen LogP contribution in [0, 0.1) is 5.82 Å². The highest BCUT2D eigenvalue weighted by Gasteiger charge is 2.48. The van der Waals surface area contributed by atoms with E-state index in [1.807, 2.05) is 36.4 Å². The number of halogens is 2. The topological polar surface area (TPSA) is 55.8 Å². The molecule has 0 radical (unpaired) electrons. The molecule has 0 saturated carbocycles. The number of hydrogen-bond donors (Lipinski definition) is 1. The summed E-state index contributed by atoms with van der Waals surface area (Å²) in [6.07, 6.45) is -0.0902. The predicted molar refractivity (Wildman–Crippen MR) is 102 cm³/mol.